The highest BCUT2D eigenvalue weighted by Gasteiger charge is 2.36. The van der Waals surface area contributed by atoms with Gasteiger partial charge in [-0.15, -0.1) is 0 Å². The second-order valence-electron chi connectivity index (χ2n) is 34.6. The predicted octanol–water partition coefficient (Wildman–Crippen LogP) is 23.8. The highest BCUT2D eigenvalue weighted by atomic mass is 35.5. The summed E-state index contributed by atoms with van der Waals surface area (Å²) < 4.78 is 50.2. The van der Waals surface area contributed by atoms with Crippen molar-refractivity contribution < 1.29 is 46.7 Å². The average molecular weight is 1750 g/mol. The van der Waals surface area contributed by atoms with Gasteiger partial charge in [0, 0.05) is 160 Å². The Bertz CT molecular complexity index is 4660. The number of rotatable bonds is 30. The lowest BCUT2D eigenvalue weighted by molar-refractivity contribution is -0.385. The number of nitro groups is 1. The van der Waals surface area contributed by atoms with E-state index < -0.39 is 22.7 Å². The SMILES string of the molecule is CCCC(C)N1CCC(N(Cc2ccccc2)C(=O)Nc2ccc(C)c([N+](=O)[O-])c2)CC1.CCCC(C)N1CCC(N(Cc2ccccc2)C(=O)Nc2cccc(C(C)C)c2)CC1.CCCC(C)N1CCC(N(Cc2ccccc2)C(=O)Nc2cccc(Cl)c2)CC1.CCCCN1CCC(N(Cc2ccc3c(c2)OCO3)C(=O)Nc2cccc(C(F)(F)F)c2)CC1. The predicted molar refractivity (Wildman–Crippen MR) is 503 cm³/mol. The van der Waals surface area contributed by atoms with Crippen LogP contribution in [0.4, 0.5) is 60.8 Å². The van der Waals surface area contributed by atoms with E-state index in [1.807, 2.05) is 125 Å². The molecule has 8 aromatic rings. The second kappa shape index (κ2) is 49.8. The maximum Gasteiger partial charge on any atom is 0.416 e. The van der Waals surface area contributed by atoms with Gasteiger partial charge in [-0.1, -0.05) is 206 Å². The molecule has 8 amide bonds. The maximum absolute atomic E-state index is 13.4. The summed E-state index contributed by atoms with van der Waals surface area (Å²) in [5.74, 6) is 1.73. The monoisotopic (exact) mass is 1750 g/mol. The van der Waals surface area contributed by atoms with Crippen LogP contribution in [0.3, 0.4) is 0 Å². The van der Waals surface area contributed by atoms with Gasteiger partial charge in [-0.2, -0.15) is 13.2 Å². The Morgan fingerprint density at radius 3 is 1.22 bits per heavy atom. The van der Waals surface area contributed by atoms with Gasteiger partial charge >= 0.3 is 30.3 Å². The molecule has 680 valence electrons. The minimum absolute atomic E-state index is 0.00446. The number of likely N-dealkylation sites (tertiary alicyclic amines) is 4. The van der Waals surface area contributed by atoms with E-state index in [9.17, 15) is 42.5 Å². The zero-order chi connectivity index (χ0) is 90.1. The van der Waals surface area contributed by atoms with Crippen LogP contribution in [0.2, 0.25) is 5.02 Å². The number of amides is 8. The Morgan fingerprint density at radius 1 is 0.444 bits per heavy atom. The normalized spacial score (nSPS) is 16.2. The largest absolute Gasteiger partial charge is 0.454 e. The topological polar surface area (TPSA) is 204 Å². The summed E-state index contributed by atoms with van der Waals surface area (Å²) >= 11 is 6.09. The lowest BCUT2D eigenvalue weighted by atomic mass is 10.00. The molecule has 0 aliphatic carbocycles. The summed E-state index contributed by atoms with van der Waals surface area (Å²) in [6, 6.07) is 62.9. The molecule has 3 atom stereocenters. The van der Waals surface area contributed by atoms with Crippen LogP contribution in [0.25, 0.3) is 0 Å². The molecule has 5 aliphatic heterocycles. The number of hydrogen-bond donors (Lipinski definition) is 4. The van der Waals surface area contributed by atoms with Crippen LogP contribution in [0, 0.1) is 17.0 Å². The quantitative estimate of drug-likeness (QED) is 0.0245. The number of urea groups is 4. The molecule has 5 heterocycles. The molecule has 3 unspecified atom stereocenters. The van der Waals surface area contributed by atoms with Crippen LogP contribution in [-0.4, -0.2) is 176 Å². The number of anilines is 4. The van der Waals surface area contributed by atoms with Gasteiger partial charge in [-0.25, -0.2) is 19.2 Å². The molecule has 4 fully saturated rings. The number of halogens is 4. The molecule has 0 aromatic heterocycles. The van der Waals surface area contributed by atoms with Gasteiger partial charge in [-0.3, -0.25) is 10.1 Å². The summed E-state index contributed by atoms with van der Waals surface area (Å²) in [5, 5.41) is 23.7. The van der Waals surface area contributed by atoms with E-state index in [-0.39, 0.29) is 60.4 Å². The molecular formula is C101H135ClF3N13O8. The fourth-order valence-corrected chi connectivity index (χ4v) is 17.8. The maximum atomic E-state index is 13.4. The van der Waals surface area contributed by atoms with Crippen LogP contribution in [0.15, 0.2) is 200 Å². The van der Waals surface area contributed by atoms with Crippen molar-refractivity contribution >= 4 is 64.2 Å². The Hall–Kier alpha value is -10.2. The smallest absolute Gasteiger partial charge is 0.416 e. The van der Waals surface area contributed by atoms with E-state index in [1.165, 1.54) is 67.9 Å². The number of nitrogens with zero attached hydrogens (tertiary/aromatic N) is 9. The molecule has 21 nitrogen and oxygen atoms in total. The van der Waals surface area contributed by atoms with Gasteiger partial charge in [0.1, 0.15) is 0 Å². The fourth-order valence-electron chi connectivity index (χ4n) is 17.6. The molecule has 0 bridgehead atoms. The van der Waals surface area contributed by atoms with E-state index >= 15 is 0 Å². The first-order valence-corrected chi connectivity index (χ1v) is 46.2. The number of alkyl halides is 3. The molecule has 4 N–H and O–H groups in total. The van der Waals surface area contributed by atoms with Crippen molar-refractivity contribution in [3.8, 4) is 11.5 Å². The lowest BCUT2D eigenvalue weighted by Gasteiger charge is -2.40. The molecule has 25 heteroatoms. The summed E-state index contributed by atoms with van der Waals surface area (Å²) in [4.78, 5) is 81.9. The van der Waals surface area contributed by atoms with Gasteiger partial charge in [0.25, 0.3) is 5.69 Å². The molecule has 4 saturated heterocycles. The van der Waals surface area contributed by atoms with Gasteiger partial charge in [0.15, 0.2) is 11.5 Å². The Balaban J connectivity index is 0.000000176. The van der Waals surface area contributed by atoms with Crippen molar-refractivity contribution in [3.63, 3.8) is 0 Å². The van der Waals surface area contributed by atoms with Crippen LogP contribution in [-0.2, 0) is 32.4 Å². The van der Waals surface area contributed by atoms with Gasteiger partial charge in [0.2, 0.25) is 6.79 Å². The zero-order valence-corrected chi connectivity index (χ0v) is 76.4. The van der Waals surface area contributed by atoms with Crippen molar-refractivity contribution in [3.05, 3.63) is 254 Å². The number of unbranched alkanes of at least 4 members (excludes halogenated alkanes) is 1. The Kier molecular flexibility index (Phi) is 38.7. The average Bonchev–Trinajstić information content (AvgIpc) is 1.05. The molecular weight excluding hydrogens is 1620 g/mol. The summed E-state index contributed by atoms with van der Waals surface area (Å²) in [6.07, 6.45) is 12.6. The molecule has 13 rings (SSSR count). The first kappa shape index (κ1) is 97.9. The molecule has 5 aliphatic rings. The number of carbonyl (C=O) groups excluding carboxylic acids is 4. The molecule has 0 radical (unpaired) electrons. The minimum Gasteiger partial charge on any atom is -0.454 e. The first-order chi connectivity index (χ1) is 60.8. The third-order valence-electron chi connectivity index (χ3n) is 25.0. The van der Waals surface area contributed by atoms with Crippen LogP contribution in [0.5, 0.6) is 11.5 Å². The summed E-state index contributed by atoms with van der Waals surface area (Å²) in [7, 11) is 0. The van der Waals surface area contributed by atoms with Crippen LogP contribution >= 0.6 is 11.6 Å². The van der Waals surface area contributed by atoms with Crippen molar-refractivity contribution in [1.82, 2.24) is 39.2 Å². The summed E-state index contributed by atoms with van der Waals surface area (Å²) in [5.41, 5.74) is 7.47. The van der Waals surface area contributed by atoms with Crippen molar-refractivity contribution in [1.29, 1.82) is 0 Å². The van der Waals surface area contributed by atoms with Gasteiger partial charge in [-0.05, 0) is 212 Å². The van der Waals surface area contributed by atoms with E-state index in [2.05, 4.69) is 144 Å². The van der Waals surface area contributed by atoms with Gasteiger partial charge < -0.3 is 69.9 Å². The van der Waals surface area contributed by atoms with Crippen molar-refractivity contribution in [2.75, 3.05) is 87.0 Å². The molecule has 0 saturated carbocycles. The third-order valence-corrected chi connectivity index (χ3v) is 25.3. The van der Waals surface area contributed by atoms with Crippen molar-refractivity contribution in [2.24, 2.45) is 0 Å². The fraction of sp³-hybridized carbons (Fsp3) is 0.485. The number of piperidine rings is 4. The number of nitro benzene ring substituents is 1. The zero-order valence-electron chi connectivity index (χ0n) is 75.7. The number of nitrogens with one attached hydrogen (secondary N) is 4. The minimum atomic E-state index is -4.47. The van der Waals surface area contributed by atoms with Crippen molar-refractivity contribution in [2.45, 2.75) is 253 Å². The highest BCUT2D eigenvalue weighted by Crippen LogP contribution is 2.36. The van der Waals surface area contributed by atoms with Crippen LogP contribution < -0.4 is 30.7 Å². The second-order valence-corrected chi connectivity index (χ2v) is 35.1. The number of benzene rings is 8. The van der Waals surface area contributed by atoms with E-state index in [0.29, 0.717) is 78.0 Å². The van der Waals surface area contributed by atoms with E-state index in [4.69, 9.17) is 21.1 Å². The standard InChI is InChI=1S/C27H39N3O.C25H30F3N3O3.C25H34N4O3.C24H32ClN3O/c1-5-10-22(4)29-17-15-26(16-18-29)30(20-23-11-7-6-8-12-23)27(31)28-25-14-9-13-24(19-25)21(2)3;1-2-3-11-30-12-9-21(10-13-30)31(16-18-7-8-22-23(14-18)34-17-33-22)24(32)29-20-6-4-5-19(15-20)25(26,27)28;1-4-8-20(3)27-15-13-23(14-16-27)28(18-21-9-6-5-7-10-21)25(30)26-22-12-11-19(2)24(17-22)29(31)32;1-3-8-19(2)27-15-13-23(14-16-27)28(18-20-9-5-4-6-10-20)24(29)26-22-12-7-11-21(25)17-22/h6-9,11-14,19,21-22,26H,5,10,15-18,20H2,1-4H3,(H,28,31);4-8,14-15,21H,2-3,9-13,16-17H2,1H3,(H,29,32);5-7,9-12,17,20,23H,4,8,13-16,18H2,1-3H3,(H,26,30);4-7,9-12,17,19,23H,3,8,13-16,18H2,1-2H3,(H,26,29). The van der Waals surface area contributed by atoms with E-state index in [0.717, 1.165) is 163 Å². The molecule has 0 spiro atoms. The lowest BCUT2D eigenvalue weighted by Crippen LogP contribution is -2.50. The number of hydrogen-bond acceptors (Lipinski definition) is 12. The summed E-state index contributed by atoms with van der Waals surface area (Å²) in [6.45, 7) is 33.1. The number of aryl methyl sites for hydroxylation is 1. The number of fused-ring (bicyclic) bond motifs is 1. The van der Waals surface area contributed by atoms with E-state index in [1.54, 1.807) is 30.0 Å². The Labute approximate surface area is 751 Å². The number of ether oxygens (including phenoxy) is 2. The van der Waals surface area contributed by atoms with Crippen LogP contribution in [0.1, 0.15) is 210 Å². The molecule has 8 aromatic carbocycles. The first-order valence-electron chi connectivity index (χ1n) is 45.8. The highest BCUT2D eigenvalue weighted by molar-refractivity contribution is 6.30. The Morgan fingerprint density at radius 2 is 0.825 bits per heavy atom. The van der Waals surface area contributed by atoms with Gasteiger partial charge in [0.05, 0.1) is 10.5 Å². The third kappa shape index (κ3) is 30.2. The molecule has 126 heavy (non-hydrogen) atoms. The number of carbonyl (C=O) groups is 4.